The predicted molar refractivity (Wildman–Crippen MR) is 122 cm³/mol. The Balaban J connectivity index is 1.66. The fourth-order valence-electron chi connectivity index (χ4n) is 4.61. The lowest BCUT2D eigenvalue weighted by atomic mass is 10.1. The van der Waals surface area contributed by atoms with Gasteiger partial charge in [0.15, 0.2) is 17.3 Å². The van der Waals surface area contributed by atoms with Crippen molar-refractivity contribution in [2.75, 3.05) is 18.0 Å². The standard InChI is InChI=1S/C24H20F6N4O4/c25-11-5-14(26)19(15(27)6-11)34-7-13(22(38)32-23(3-4-23)10-24(28,29)30)20(37)12-1-2-18(31-21(12)34)33-8-16(35)17(36)9-33/h1-2,5-7,16-17,35-36H,3-4,8-10H2,(H,32,38)/t16-,17-/m1/s1. The first-order valence-corrected chi connectivity index (χ1v) is 11.5. The number of nitrogens with zero attached hydrogens (tertiary/aromatic N) is 3. The molecule has 8 nitrogen and oxygen atoms in total. The molecule has 2 aliphatic rings. The van der Waals surface area contributed by atoms with Gasteiger partial charge in [-0.3, -0.25) is 14.2 Å². The van der Waals surface area contributed by atoms with Crippen molar-refractivity contribution in [3.05, 3.63) is 63.7 Å². The number of aliphatic hydroxyl groups is 2. The molecule has 3 heterocycles. The summed E-state index contributed by atoms with van der Waals surface area (Å²) in [6.45, 7) is -0.0735. The van der Waals surface area contributed by atoms with E-state index >= 15 is 0 Å². The maximum absolute atomic E-state index is 14.8. The fraction of sp³-hybridized carbons (Fsp3) is 0.375. The van der Waals surface area contributed by atoms with Crippen LogP contribution in [0.4, 0.5) is 32.2 Å². The number of aliphatic hydroxyl groups excluding tert-OH is 2. The van der Waals surface area contributed by atoms with E-state index in [0.717, 1.165) is 6.20 Å². The van der Waals surface area contributed by atoms with Gasteiger partial charge in [-0.2, -0.15) is 13.2 Å². The van der Waals surface area contributed by atoms with E-state index in [1.807, 2.05) is 0 Å². The molecule has 3 aromatic rings. The van der Waals surface area contributed by atoms with Crippen LogP contribution in [-0.4, -0.2) is 62.7 Å². The molecule has 1 aromatic carbocycles. The lowest BCUT2D eigenvalue weighted by molar-refractivity contribution is -0.141. The molecule has 0 bridgehead atoms. The zero-order valence-electron chi connectivity index (χ0n) is 19.4. The van der Waals surface area contributed by atoms with Gasteiger partial charge < -0.3 is 20.4 Å². The molecule has 0 spiro atoms. The lowest BCUT2D eigenvalue weighted by Gasteiger charge is -2.21. The van der Waals surface area contributed by atoms with Gasteiger partial charge in [0.05, 0.1) is 24.0 Å². The molecule has 2 fully saturated rings. The van der Waals surface area contributed by atoms with Crippen molar-refractivity contribution in [3.8, 4) is 5.69 Å². The molecular weight excluding hydrogens is 522 g/mol. The summed E-state index contributed by atoms with van der Waals surface area (Å²) in [5.41, 5.74) is -4.47. The number of anilines is 1. The monoisotopic (exact) mass is 542 g/mol. The maximum atomic E-state index is 14.8. The van der Waals surface area contributed by atoms with Gasteiger partial charge in [0, 0.05) is 37.0 Å². The van der Waals surface area contributed by atoms with E-state index in [0.29, 0.717) is 16.7 Å². The van der Waals surface area contributed by atoms with E-state index in [1.54, 1.807) is 0 Å². The van der Waals surface area contributed by atoms with Gasteiger partial charge in [-0.25, -0.2) is 18.2 Å². The topological polar surface area (TPSA) is 108 Å². The van der Waals surface area contributed by atoms with Crippen molar-refractivity contribution >= 4 is 22.8 Å². The van der Waals surface area contributed by atoms with Crippen LogP contribution in [0.1, 0.15) is 29.6 Å². The first-order chi connectivity index (χ1) is 17.8. The third-order valence-electron chi connectivity index (χ3n) is 6.66. The Kier molecular flexibility index (Phi) is 6.14. The smallest absolute Gasteiger partial charge is 0.389 e. The maximum Gasteiger partial charge on any atom is 0.391 e. The number of fused-ring (bicyclic) bond motifs is 1. The van der Waals surface area contributed by atoms with Crippen LogP contribution in [0.3, 0.4) is 0 Å². The number of carbonyl (C=O) groups excluding carboxylic acids is 1. The summed E-state index contributed by atoms with van der Waals surface area (Å²) in [4.78, 5) is 31.9. The molecule has 14 heteroatoms. The summed E-state index contributed by atoms with van der Waals surface area (Å²) in [6, 6.07) is 3.28. The molecular formula is C24H20F6N4O4. The summed E-state index contributed by atoms with van der Waals surface area (Å²) in [7, 11) is 0. The van der Waals surface area contributed by atoms with Crippen LogP contribution in [0.25, 0.3) is 16.7 Å². The normalized spacial score (nSPS) is 20.7. The van der Waals surface area contributed by atoms with Gasteiger partial charge in [0.1, 0.15) is 22.9 Å². The van der Waals surface area contributed by atoms with E-state index in [1.165, 1.54) is 17.0 Å². The van der Waals surface area contributed by atoms with E-state index in [2.05, 4.69) is 10.3 Å². The number of hydrogen-bond acceptors (Lipinski definition) is 6. The number of nitrogens with one attached hydrogen (secondary N) is 1. The molecule has 3 N–H and O–H groups in total. The predicted octanol–water partition coefficient (Wildman–Crippen LogP) is 2.56. The number of benzene rings is 1. The highest BCUT2D eigenvalue weighted by atomic mass is 19.4. The number of β-amino-alcohol motifs (C(OH)–C–C–N with tert-alkyl or cyclic N) is 2. The molecule has 38 heavy (non-hydrogen) atoms. The Morgan fingerprint density at radius 2 is 1.68 bits per heavy atom. The van der Waals surface area contributed by atoms with Gasteiger partial charge in [-0.15, -0.1) is 0 Å². The van der Waals surface area contributed by atoms with Crippen LogP contribution in [0, 0.1) is 17.5 Å². The third kappa shape index (κ3) is 4.80. The fourth-order valence-corrected chi connectivity index (χ4v) is 4.61. The van der Waals surface area contributed by atoms with E-state index < -0.39 is 70.4 Å². The van der Waals surface area contributed by atoms with Gasteiger partial charge in [-0.1, -0.05) is 0 Å². The number of aromatic nitrogens is 2. The van der Waals surface area contributed by atoms with Crippen molar-refractivity contribution in [1.29, 1.82) is 0 Å². The molecule has 5 rings (SSSR count). The highest BCUT2D eigenvalue weighted by Gasteiger charge is 2.52. The van der Waals surface area contributed by atoms with Crippen molar-refractivity contribution < 1.29 is 41.4 Å². The Bertz CT molecular complexity index is 1470. The van der Waals surface area contributed by atoms with Gasteiger partial charge in [-0.05, 0) is 25.0 Å². The minimum absolute atomic E-state index is 0.0275. The summed E-state index contributed by atoms with van der Waals surface area (Å²) in [5.74, 6) is -5.08. The molecule has 0 unspecified atom stereocenters. The van der Waals surface area contributed by atoms with E-state index in [4.69, 9.17) is 0 Å². The molecule has 0 radical (unpaired) electrons. The van der Waals surface area contributed by atoms with Crippen LogP contribution in [0.2, 0.25) is 0 Å². The average Bonchev–Trinajstić information content (AvgIpc) is 3.45. The zero-order valence-corrected chi connectivity index (χ0v) is 19.4. The quantitative estimate of drug-likeness (QED) is 0.428. The first kappa shape index (κ1) is 26.0. The van der Waals surface area contributed by atoms with Gasteiger partial charge in [0.2, 0.25) is 5.43 Å². The highest BCUT2D eigenvalue weighted by molar-refractivity contribution is 5.98. The van der Waals surface area contributed by atoms with E-state index in [9.17, 15) is 46.1 Å². The Morgan fingerprint density at radius 3 is 2.24 bits per heavy atom. The Labute approximate surface area is 210 Å². The van der Waals surface area contributed by atoms with Crippen molar-refractivity contribution in [1.82, 2.24) is 14.9 Å². The van der Waals surface area contributed by atoms with Gasteiger partial charge in [0.25, 0.3) is 5.91 Å². The van der Waals surface area contributed by atoms with Crippen LogP contribution in [0.15, 0.2) is 35.3 Å². The van der Waals surface area contributed by atoms with Crippen LogP contribution < -0.4 is 15.6 Å². The van der Waals surface area contributed by atoms with Crippen molar-refractivity contribution in [3.63, 3.8) is 0 Å². The second-order valence-electron chi connectivity index (χ2n) is 9.57. The number of alkyl halides is 3. The largest absolute Gasteiger partial charge is 0.391 e. The average molecular weight is 542 g/mol. The summed E-state index contributed by atoms with van der Waals surface area (Å²) in [6.07, 6.45) is -7.29. The Hall–Kier alpha value is -3.65. The zero-order chi connectivity index (χ0) is 27.6. The number of carbonyl (C=O) groups is 1. The summed E-state index contributed by atoms with van der Waals surface area (Å²) < 4.78 is 82.9. The molecule has 2 aromatic heterocycles. The third-order valence-corrected chi connectivity index (χ3v) is 6.66. The van der Waals surface area contributed by atoms with Crippen molar-refractivity contribution in [2.24, 2.45) is 0 Å². The minimum Gasteiger partial charge on any atom is -0.389 e. The minimum atomic E-state index is -4.58. The number of rotatable bonds is 5. The van der Waals surface area contributed by atoms with Crippen LogP contribution in [0.5, 0.6) is 0 Å². The first-order valence-electron chi connectivity index (χ1n) is 11.5. The van der Waals surface area contributed by atoms with E-state index in [-0.39, 0.29) is 42.8 Å². The Morgan fingerprint density at radius 1 is 1.08 bits per heavy atom. The molecule has 202 valence electrons. The van der Waals surface area contributed by atoms with Crippen molar-refractivity contribution in [2.45, 2.75) is 43.2 Å². The molecule has 1 aliphatic carbocycles. The molecule has 2 atom stereocenters. The highest BCUT2D eigenvalue weighted by Crippen LogP contribution is 2.44. The second-order valence-corrected chi connectivity index (χ2v) is 9.57. The molecule has 1 saturated heterocycles. The number of pyridine rings is 2. The number of halogens is 6. The molecule has 1 saturated carbocycles. The van der Waals surface area contributed by atoms with Crippen LogP contribution in [-0.2, 0) is 0 Å². The van der Waals surface area contributed by atoms with Gasteiger partial charge >= 0.3 is 6.18 Å². The summed E-state index contributed by atoms with van der Waals surface area (Å²) >= 11 is 0. The SMILES string of the molecule is O=C(NC1(CC(F)(F)F)CC1)c1cn(-c2c(F)cc(F)cc2F)c2nc(N3C[C@@H](O)[C@H](O)C3)ccc2c1=O. The molecule has 1 aliphatic heterocycles. The van der Waals surface area contributed by atoms with Crippen LogP contribution >= 0.6 is 0 Å². The lowest BCUT2D eigenvalue weighted by Crippen LogP contribution is -2.42. The summed E-state index contributed by atoms with van der Waals surface area (Å²) in [5, 5.41) is 21.6. The number of amides is 1. The molecule has 1 amide bonds. The number of hydrogen-bond donors (Lipinski definition) is 3. The second kappa shape index (κ2) is 8.98.